The third kappa shape index (κ3) is 4.80. The van der Waals surface area contributed by atoms with Gasteiger partial charge in [0.25, 0.3) is 0 Å². The van der Waals surface area contributed by atoms with Crippen LogP contribution in [-0.2, 0) is 9.59 Å². The maximum atomic E-state index is 11.9. The molecule has 25 heavy (non-hydrogen) atoms. The van der Waals surface area contributed by atoms with Crippen molar-refractivity contribution in [2.24, 2.45) is 0 Å². The number of ether oxygens (including phenoxy) is 1. The molecule has 2 aliphatic heterocycles. The molecule has 0 saturated carbocycles. The van der Waals surface area contributed by atoms with E-state index in [1.165, 1.54) is 19.3 Å². The summed E-state index contributed by atoms with van der Waals surface area (Å²) >= 11 is 0. The molecule has 2 fully saturated rings. The van der Waals surface area contributed by atoms with E-state index in [1.807, 2.05) is 13.0 Å². The van der Waals surface area contributed by atoms with Crippen molar-refractivity contribution >= 4 is 17.6 Å². The quantitative estimate of drug-likeness (QED) is 0.730. The fourth-order valence-corrected chi connectivity index (χ4v) is 3.15. The molecule has 2 N–H and O–H groups in total. The van der Waals surface area contributed by atoms with Crippen LogP contribution in [0.1, 0.15) is 37.9 Å². The van der Waals surface area contributed by atoms with E-state index in [2.05, 4.69) is 25.5 Å². The maximum Gasteiger partial charge on any atom is 0.242 e. The SMILES string of the molecule is Cc1nc(OCCNC(=O)C2CCC(=O)N2)cc(N2CCCCC2)n1. The molecule has 2 saturated heterocycles. The number of carbonyl (C=O) groups excluding carboxylic acids is 2. The van der Waals surface area contributed by atoms with Gasteiger partial charge in [-0.2, -0.15) is 4.98 Å². The third-order valence-corrected chi connectivity index (χ3v) is 4.44. The van der Waals surface area contributed by atoms with E-state index >= 15 is 0 Å². The minimum atomic E-state index is -0.417. The standard InChI is InChI=1S/C17H25N5O3/c1-12-19-14(22-8-3-2-4-9-22)11-16(20-12)25-10-7-18-17(24)13-5-6-15(23)21-13/h11,13H,2-10H2,1H3,(H,18,24)(H,21,23). The van der Waals surface area contributed by atoms with E-state index in [-0.39, 0.29) is 11.8 Å². The van der Waals surface area contributed by atoms with Crippen LogP contribution in [0.4, 0.5) is 5.82 Å². The predicted molar refractivity (Wildman–Crippen MR) is 92.5 cm³/mol. The fraction of sp³-hybridized carbons (Fsp3) is 0.647. The number of carbonyl (C=O) groups is 2. The Balaban J connectivity index is 1.47. The average Bonchev–Trinajstić information content (AvgIpc) is 3.05. The molecule has 1 atom stereocenters. The number of rotatable bonds is 6. The second kappa shape index (κ2) is 8.13. The molecule has 8 heteroatoms. The molecule has 0 aliphatic carbocycles. The van der Waals surface area contributed by atoms with Crippen LogP contribution in [0.25, 0.3) is 0 Å². The Bertz CT molecular complexity index is 631. The van der Waals surface area contributed by atoms with E-state index in [4.69, 9.17) is 4.74 Å². The number of piperidine rings is 1. The first-order valence-corrected chi connectivity index (χ1v) is 8.92. The number of amides is 2. The van der Waals surface area contributed by atoms with Crippen LogP contribution in [0.2, 0.25) is 0 Å². The Kier molecular flexibility index (Phi) is 5.67. The number of nitrogens with zero attached hydrogens (tertiary/aromatic N) is 3. The topological polar surface area (TPSA) is 96.4 Å². The zero-order valence-corrected chi connectivity index (χ0v) is 14.6. The first-order valence-electron chi connectivity index (χ1n) is 8.92. The predicted octanol–water partition coefficient (Wildman–Crippen LogP) is 0.549. The molecule has 2 amide bonds. The van der Waals surface area contributed by atoms with Crippen LogP contribution >= 0.6 is 0 Å². The van der Waals surface area contributed by atoms with Crippen LogP contribution in [-0.4, -0.2) is 54.1 Å². The normalized spacial score (nSPS) is 20.3. The van der Waals surface area contributed by atoms with Crippen LogP contribution in [0.3, 0.4) is 0 Å². The van der Waals surface area contributed by atoms with E-state index < -0.39 is 6.04 Å². The van der Waals surface area contributed by atoms with Gasteiger partial charge in [0.2, 0.25) is 17.7 Å². The van der Waals surface area contributed by atoms with Crippen LogP contribution in [0, 0.1) is 6.92 Å². The highest BCUT2D eigenvalue weighted by molar-refractivity contribution is 5.90. The van der Waals surface area contributed by atoms with Gasteiger partial charge in [-0.05, 0) is 32.6 Å². The minimum Gasteiger partial charge on any atom is -0.476 e. The largest absolute Gasteiger partial charge is 0.476 e. The summed E-state index contributed by atoms with van der Waals surface area (Å²) in [5, 5.41) is 5.42. The molecule has 1 aromatic heterocycles. The highest BCUT2D eigenvalue weighted by Gasteiger charge is 2.26. The monoisotopic (exact) mass is 347 g/mol. The molecule has 2 aliphatic rings. The van der Waals surface area contributed by atoms with Crippen LogP contribution in [0.5, 0.6) is 5.88 Å². The lowest BCUT2D eigenvalue weighted by Crippen LogP contribution is -2.42. The minimum absolute atomic E-state index is 0.0712. The maximum absolute atomic E-state index is 11.9. The average molecular weight is 347 g/mol. The molecule has 8 nitrogen and oxygen atoms in total. The van der Waals surface area contributed by atoms with Gasteiger partial charge in [-0.1, -0.05) is 0 Å². The summed E-state index contributed by atoms with van der Waals surface area (Å²) in [6.07, 6.45) is 4.60. The Morgan fingerprint density at radius 3 is 2.88 bits per heavy atom. The molecule has 3 heterocycles. The molecule has 1 unspecified atom stereocenters. The van der Waals surface area contributed by atoms with Gasteiger partial charge in [-0.3, -0.25) is 9.59 Å². The van der Waals surface area contributed by atoms with Crippen molar-refractivity contribution < 1.29 is 14.3 Å². The summed E-state index contributed by atoms with van der Waals surface area (Å²) in [5.74, 6) is 1.87. The van der Waals surface area contributed by atoms with E-state index in [1.54, 1.807) is 0 Å². The molecule has 1 aromatic rings. The third-order valence-electron chi connectivity index (χ3n) is 4.44. The summed E-state index contributed by atoms with van der Waals surface area (Å²) in [5.41, 5.74) is 0. The van der Waals surface area contributed by atoms with Crippen molar-refractivity contribution in [3.63, 3.8) is 0 Å². The van der Waals surface area contributed by atoms with Gasteiger partial charge < -0.3 is 20.3 Å². The van der Waals surface area contributed by atoms with Crippen molar-refractivity contribution in [3.8, 4) is 5.88 Å². The molecule has 3 rings (SSSR count). The zero-order chi connectivity index (χ0) is 17.6. The fourth-order valence-electron chi connectivity index (χ4n) is 3.15. The van der Waals surface area contributed by atoms with Gasteiger partial charge in [0.05, 0.1) is 6.54 Å². The highest BCUT2D eigenvalue weighted by atomic mass is 16.5. The smallest absolute Gasteiger partial charge is 0.242 e. The lowest BCUT2D eigenvalue weighted by molar-refractivity contribution is -0.125. The van der Waals surface area contributed by atoms with Gasteiger partial charge in [0.15, 0.2) is 0 Å². The number of aryl methyl sites for hydroxylation is 1. The molecular weight excluding hydrogens is 322 g/mol. The van der Waals surface area contributed by atoms with Crippen molar-refractivity contribution in [3.05, 3.63) is 11.9 Å². The number of anilines is 1. The van der Waals surface area contributed by atoms with E-state index in [0.717, 1.165) is 18.9 Å². The molecular formula is C17H25N5O3. The Morgan fingerprint density at radius 2 is 2.16 bits per heavy atom. The first kappa shape index (κ1) is 17.4. The highest BCUT2D eigenvalue weighted by Crippen LogP contribution is 2.21. The second-order valence-electron chi connectivity index (χ2n) is 6.46. The lowest BCUT2D eigenvalue weighted by atomic mass is 10.1. The summed E-state index contributed by atoms with van der Waals surface area (Å²) in [4.78, 5) is 34.1. The van der Waals surface area contributed by atoms with Gasteiger partial charge >= 0.3 is 0 Å². The van der Waals surface area contributed by atoms with Crippen molar-refractivity contribution in [1.29, 1.82) is 0 Å². The molecule has 0 spiro atoms. The second-order valence-corrected chi connectivity index (χ2v) is 6.46. The van der Waals surface area contributed by atoms with Crippen molar-refractivity contribution in [1.82, 2.24) is 20.6 Å². The summed E-state index contributed by atoms with van der Waals surface area (Å²) in [7, 11) is 0. The summed E-state index contributed by atoms with van der Waals surface area (Å²) in [6.45, 7) is 4.57. The number of nitrogens with one attached hydrogen (secondary N) is 2. The van der Waals surface area contributed by atoms with Gasteiger partial charge in [0.1, 0.15) is 24.3 Å². The van der Waals surface area contributed by atoms with E-state index in [0.29, 0.717) is 37.7 Å². The van der Waals surface area contributed by atoms with Gasteiger partial charge in [-0.25, -0.2) is 4.98 Å². The molecule has 0 bridgehead atoms. The van der Waals surface area contributed by atoms with Gasteiger partial charge in [0, 0.05) is 25.6 Å². The number of hydrogen-bond acceptors (Lipinski definition) is 6. The molecule has 0 radical (unpaired) electrons. The van der Waals surface area contributed by atoms with Crippen molar-refractivity contribution in [2.75, 3.05) is 31.1 Å². The first-order chi connectivity index (χ1) is 12.1. The Hall–Kier alpha value is -2.38. The molecule has 0 aromatic carbocycles. The van der Waals surface area contributed by atoms with E-state index in [9.17, 15) is 9.59 Å². The lowest BCUT2D eigenvalue weighted by Gasteiger charge is -2.28. The summed E-state index contributed by atoms with van der Waals surface area (Å²) in [6, 6.07) is 1.44. The Labute approximate surface area is 147 Å². The van der Waals surface area contributed by atoms with Crippen LogP contribution < -0.4 is 20.3 Å². The van der Waals surface area contributed by atoms with Crippen LogP contribution in [0.15, 0.2) is 6.07 Å². The van der Waals surface area contributed by atoms with Gasteiger partial charge in [-0.15, -0.1) is 0 Å². The zero-order valence-electron chi connectivity index (χ0n) is 14.6. The molecule has 136 valence electrons. The number of aromatic nitrogens is 2. The number of hydrogen-bond donors (Lipinski definition) is 2. The van der Waals surface area contributed by atoms with Crippen molar-refractivity contribution in [2.45, 2.75) is 45.1 Å². The summed E-state index contributed by atoms with van der Waals surface area (Å²) < 4.78 is 5.67. The Morgan fingerprint density at radius 1 is 1.36 bits per heavy atom.